The summed E-state index contributed by atoms with van der Waals surface area (Å²) >= 11 is 5.81. The van der Waals surface area contributed by atoms with E-state index in [1.807, 2.05) is 0 Å². The Labute approximate surface area is 126 Å². The average molecular weight is 329 g/mol. The first kappa shape index (κ1) is 15.7. The van der Waals surface area contributed by atoms with Gasteiger partial charge in [0, 0.05) is 5.41 Å². The molecule has 2 aromatic rings. The lowest BCUT2D eigenvalue weighted by molar-refractivity contribution is 0.603. The third-order valence-electron chi connectivity index (χ3n) is 2.70. The van der Waals surface area contributed by atoms with Crippen molar-refractivity contribution in [3.05, 3.63) is 75.7 Å². The largest absolute Gasteiger partial charge is 0.224 e. The van der Waals surface area contributed by atoms with Crippen molar-refractivity contribution in [2.75, 3.05) is 0 Å². The summed E-state index contributed by atoms with van der Waals surface area (Å²) in [7, 11) is -3.53. The van der Waals surface area contributed by atoms with E-state index in [0.29, 0.717) is 11.1 Å². The summed E-state index contributed by atoms with van der Waals surface area (Å²) in [5, 5.41) is 1.14. The van der Waals surface area contributed by atoms with E-state index in [-0.39, 0.29) is 10.8 Å². The van der Waals surface area contributed by atoms with Gasteiger partial charge in [-0.2, -0.15) is 0 Å². The molecule has 2 nitrogen and oxygen atoms in total. The van der Waals surface area contributed by atoms with Crippen LogP contribution < -0.4 is 0 Å². The van der Waals surface area contributed by atoms with Crippen molar-refractivity contribution in [1.29, 1.82) is 0 Å². The van der Waals surface area contributed by atoms with Crippen molar-refractivity contribution in [1.82, 2.24) is 0 Å². The van der Waals surface area contributed by atoms with Gasteiger partial charge in [0.2, 0.25) is 0 Å². The first-order chi connectivity index (χ1) is 9.85. The third-order valence-corrected chi connectivity index (χ3v) is 4.31. The summed E-state index contributed by atoms with van der Waals surface area (Å²) in [4.78, 5) is 0. The van der Waals surface area contributed by atoms with Crippen LogP contribution in [-0.4, -0.2) is 8.42 Å². The predicted octanol–water partition coefficient (Wildman–Crippen LogP) is 4.20. The highest BCUT2D eigenvalue weighted by molar-refractivity contribution is 7.93. The molecule has 0 aliphatic carbocycles. The molecule has 110 valence electrons. The molecular weight excluding hydrogens is 318 g/mol. The summed E-state index contributed by atoms with van der Waals surface area (Å²) in [6.07, 6.45) is 1.31. The fourth-order valence-electron chi connectivity index (χ4n) is 1.67. The quantitative estimate of drug-likeness (QED) is 0.842. The van der Waals surface area contributed by atoms with E-state index in [1.54, 1.807) is 0 Å². The third kappa shape index (κ3) is 4.65. The highest BCUT2D eigenvalue weighted by Crippen LogP contribution is 2.19. The van der Waals surface area contributed by atoms with Crippen molar-refractivity contribution in [3.8, 4) is 0 Å². The average Bonchev–Trinajstić information content (AvgIpc) is 2.40. The van der Waals surface area contributed by atoms with Crippen LogP contribution in [0.25, 0.3) is 6.08 Å². The van der Waals surface area contributed by atoms with E-state index in [9.17, 15) is 17.2 Å². The molecule has 21 heavy (non-hydrogen) atoms. The van der Waals surface area contributed by atoms with Gasteiger partial charge in [-0.3, -0.25) is 0 Å². The smallest absolute Gasteiger partial charge is 0.175 e. The Bertz CT molecular complexity index is 769. The lowest BCUT2D eigenvalue weighted by Crippen LogP contribution is -2.00. The van der Waals surface area contributed by atoms with Gasteiger partial charge in [0.25, 0.3) is 0 Å². The molecule has 0 atom stereocenters. The van der Waals surface area contributed by atoms with Crippen LogP contribution in [0.5, 0.6) is 0 Å². The fourth-order valence-corrected chi connectivity index (χ4v) is 3.01. The van der Waals surface area contributed by atoms with Crippen molar-refractivity contribution < 1.29 is 17.2 Å². The Balaban J connectivity index is 2.16. The SMILES string of the molecule is O=S(=O)(C=Cc1ccc(F)cc1Cl)Cc1ccc(F)cc1. The Kier molecular flexibility index (Phi) is 4.75. The molecule has 0 aromatic heterocycles. The molecule has 0 bridgehead atoms. The lowest BCUT2D eigenvalue weighted by atomic mass is 10.2. The Morgan fingerprint density at radius 1 is 1.00 bits per heavy atom. The zero-order valence-corrected chi connectivity index (χ0v) is 12.3. The molecule has 0 saturated carbocycles. The maximum absolute atomic E-state index is 12.9. The molecule has 0 spiro atoms. The summed E-state index contributed by atoms with van der Waals surface area (Å²) < 4.78 is 49.5. The normalized spacial score (nSPS) is 12.0. The Morgan fingerprint density at radius 3 is 2.24 bits per heavy atom. The van der Waals surface area contributed by atoms with Crippen molar-refractivity contribution in [3.63, 3.8) is 0 Å². The van der Waals surface area contributed by atoms with Crippen LogP contribution >= 0.6 is 11.6 Å². The van der Waals surface area contributed by atoms with E-state index >= 15 is 0 Å². The van der Waals surface area contributed by atoms with Gasteiger partial charge in [0.05, 0.1) is 10.8 Å². The van der Waals surface area contributed by atoms with Crippen LogP contribution in [0.3, 0.4) is 0 Å². The van der Waals surface area contributed by atoms with E-state index in [0.717, 1.165) is 11.5 Å². The van der Waals surface area contributed by atoms with Gasteiger partial charge in [-0.15, -0.1) is 0 Å². The van der Waals surface area contributed by atoms with Crippen LogP contribution in [0.1, 0.15) is 11.1 Å². The first-order valence-corrected chi connectivity index (χ1v) is 8.05. The van der Waals surface area contributed by atoms with Crippen LogP contribution in [0, 0.1) is 11.6 Å². The lowest BCUT2D eigenvalue weighted by Gasteiger charge is -2.01. The predicted molar refractivity (Wildman–Crippen MR) is 79.5 cm³/mol. The van der Waals surface area contributed by atoms with E-state index in [2.05, 4.69) is 0 Å². The second-order valence-corrected chi connectivity index (χ2v) is 6.70. The van der Waals surface area contributed by atoms with Crippen LogP contribution in [0.15, 0.2) is 47.9 Å². The molecule has 0 heterocycles. The highest BCUT2D eigenvalue weighted by atomic mass is 35.5. The van der Waals surface area contributed by atoms with Crippen LogP contribution in [0.4, 0.5) is 8.78 Å². The van der Waals surface area contributed by atoms with Crippen LogP contribution in [-0.2, 0) is 15.6 Å². The number of sulfone groups is 1. The zero-order valence-electron chi connectivity index (χ0n) is 10.8. The molecule has 0 saturated heterocycles. The molecule has 0 unspecified atom stereocenters. The molecule has 0 aliphatic heterocycles. The van der Waals surface area contributed by atoms with E-state index in [4.69, 9.17) is 11.6 Å². The van der Waals surface area contributed by atoms with Gasteiger partial charge in [-0.1, -0.05) is 29.8 Å². The second kappa shape index (κ2) is 6.37. The standard InChI is InChI=1S/C15H11ClF2O2S/c16-15-9-14(18)6-3-12(15)7-8-21(19,20)10-11-1-4-13(17)5-2-11/h1-9H,10H2. The summed E-state index contributed by atoms with van der Waals surface area (Å²) in [6, 6.07) is 8.90. The van der Waals surface area contributed by atoms with Crippen molar-refractivity contribution in [2.24, 2.45) is 0 Å². The minimum atomic E-state index is -3.53. The minimum Gasteiger partial charge on any atom is -0.224 e. The molecule has 0 fully saturated rings. The maximum Gasteiger partial charge on any atom is 0.175 e. The van der Waals surface area contributed by atoms with Crippen molar-refractivity contribution >= 4 is 27.5 Å². The summed E-state index contributed by atoms with van der Waals surface area (Å²) in [6.45, 7) is 0. The summed E-state index contributed by atoms with van der Waals surface area (Å²) in [5.74, 6) is -1.17. The molecule has 0 radical (unpaired) electrons. The summed E-state index contributed by atoms with van der Waals surface area (Å²) in [5.41, 5.74) is 0.881. The highest BCUT2D eigenvalue weighted by Gasteiger charge is 2.08. The molecule has 0 amide bonds. The minimum absolute atomic E-state index is 0.128. The Hall–Kier alpha value is -1.72. The number of hydrogen-bond donors (Lipinski definition) is 0. The van der Waals surface area contributed by atoms with Gasteiger partial charge in [-0.25, -0.2) is 17.2 Å². The molecule has 0 N–H and O–H groups in total. The number of halogens is 3. The number of hydrogen-bond acceptors (Lipinski definition) is 2. The van der Waals surface area contributed by atoms with Gasteiger partial charge < -0.3 is 0 Å². The molecular formula is C15H11ClF2O2S. The molecule has 2 aromatic carbocycles. The molecule has 2 rings (SSSR count). The first-order valence-electron chi connectivity index (χ1n) is 5.96. The fraction of sp³-hybridized carbons (Fsp3) is 0.0667. The monoisotopic (exact) mass is 328 g/mol. The van der Waals surface area contributed by atoms with Gasteiger partial charge in [0.15, 0.2) is 9.84 Å². The van der Waals surface area contributed by atoms with Gasteiger partial charge >= 0.3 is 0 Å². The maximum atomic E-state index is 12.9. The van der Waals surface area contributed by atoms with Gasteiger partial charge in [-0.05, 0) is 41.5 Å². The van der Waals surface area contributed by atoms with Crippen molar-refractivity contribution in [2.45, 2.75) is 5.75 Å². The zero-order chi connectivity index (χ0) is 15.5. The number of benzene rings is 2. The molecule has 6 heteroatoms. The number of rotatable bonds is 4. The van der Waals surface area contributed by atoms with E-state index in [1.165, 1.54) is 42.5 Å². The Morgan fingerprint density at radius 2 is 1.62 bits per heavy atom. The van der Waals surface area contributed by atoms with Gasteiger partial charge in [0.1, 0.15) is 11.6 Å². The topological polar surface area (TPSA) is 34.1 Å². The second-order valence-electron chi connectivity index (χ2n) is 4.40. The molecule has 0 aliphatic rings. The van der Waals surface area contributed by atoms with Crippen LogP contribution in [0.2, 0.25) is 5.02 Å². The van der Waals surface area contributed by atoms with E-state index < -0.39 is 21.5 Å².